The smallest absolute Gasteiger partial charge is 0.656 e. The van der Waals surface area contributed by atoms with E-state index in [1.165, 1.54) is 48.5 Å². The number of fused-ring (bicyclic) bond motifs is 17. The molecule has 0 radical (unpaired) electrons. The second-order valence-electron chi connectivity index (χ2n) is 32.6. The van der Waals surface area contributed by atoms with Gasteiger partial charge in [-0.15, -0.1) is 44.1 Å². The fraction of sp³-hybridized carbons (Fsp3) is 0.240. The van der Waals surface area contributed by atoms with Gasteiger partial charge in [-0.1, -0.05) is 161 Å². The molecule has 124 heavy (non-hydrogen) atoms. The van der Waals surface area contributed by atoms with E-state index in [1.807, 2.05) is 98.7 Å². The van der Waals surface area contributed by atoms with E-state index in [4.69, 9.17) is 39.9 Å². The summed E-state index contributed by atoms with van der Waals surface area (Å²) in [4.78, 5) is 43.5. The SMILES string of the molecule is C/C=C(\C)c1nc(C)c(I)c2[n-]c(c(C)c2C)c(-c2ccccc2C(F)(F)F)c2nc(c(-c3ccc4c(c3)C(C)(C)c3cc(-c5c6nc(c(-c7ccccc7C(F)(F)F)c7[n-]c(c(C)c7C)c(I)c7nc(c(-c8ccccc8C(F)(F)F)c8[n-]c5c(C)c8C)C(C)=C7C)C(C)=C6C)ccc3-4)c3[n-]c(c(C)c3C)c1-c1ccccc1C(F)(F)F)C(C)=C2C.[Zn+2].[Zn+2]. The van der Waals surface area contributed by atoms with E-state index in [0.717, 1.165) is 46.5 Å². The van der Waals surface area contributed by atoms with Crippen LogP contribution < -0.4 is 19.9 Å². The average Bonchev–Trinajstić information content (AvgIpc) is 1.56. The third-order valence-corrected chi connectivity index (χ3v) is 27.9. The molecule has 4 aliphatic rings. The number of alkyl halides is 12. The first-order chi connectivity index (χ1) is 57.3. The number of aryl methyl sites for hydroxylation is 9. The van der Waals surface area contributed by atoms with E-state index < -0.39 is 52.4 Å². The van der Waals surface area contributed by atoms with Crippen LogP contribution in [0.25, 0.3) is 161 Å². The normalized spacial score (nSPS) is 13.9. The second kappa shape index (κ2) is 32.4. The van der Waals surface area contributed by atoms with Gasteiger partial charge in [0.1, 0.15) is 0 Å². The Hall–Kier alpha value is -9.61. The minimum atomic E-state index is -4.87. The summed E-state index contributed by atoms with van der Waals surface area (Å²) in [5.74, 6) is 0. The van der Waals surface area contributed by atoms with E-state index in [9.17, 15) is 0 Å². The van der Waals surface area contributed by atoms with Crippen molar-refractivity contribution in [3.05, 3.63) is 270 Å². The van der Waals surface area contributed by atoms with Gasteiger partial charge in [0, 0.05) is 12.6 Å². The quantitative estimate of drug-likeness (QED) is 0.0882. The minimum absolute atomic E-state index is 0. The Kier molecular flexibility index (Phi) is 23.6. The van der Waals surface area contributed by atoms with Crippen LogP contribution in [-0.4, -0.2) is 19.9 Å². The molecule has 1 aliphatic carbocycles. The number of nitrogens with zero attached hydrogens (tertiary/aromatic N) is 8. The molecule has 14 bridgehead atoms. The maximum atomic E-state index is 15.9. The molecule has 0 amide bonds. The van der Waals surface area contributed by atoms with Crippen LogP contribution in [0.4, 0.5) is 52.7 Å². The number of hydrogen-bond donors (Lipinski definition) is 0. The summed E-state index contributed by atoms with van der Waals surface area (Å²) in [6.45, 7) is 34.9. The summed E-state index contributed by atoms with van der Waals surface area (Å²) in [7, 11) is 0. The number of hydrogen-bond acceptors (Lipinski definition) is 4. The third-order valence-electron chi connectivity index (χ3n) is 25.6. The fourth-order valence-electron chi connectivity index (χ4n) is 17.8. The van der Waals surface area contributed by atoms with Crippen molar-refractivity contribution in [1.29, 1.82) is 0 Å². The van der Waals surface area contributed by atoms with Crippen LogP contribution in [0.2, 0.25) is 0 Å². The van der Waals surface area contributed by atoms with E-state index in [2.05, 4.69) is 59.0 Å². The van der Waals surface area contributed by atoms with E-state index >= 15 is 52.7 Å². The number of aromatic nitrogens is 8. The van der Waals surface area contributed by atoms with Crippen LogP contribution in [0, 0.1) is 69.5 Å². The molecule has 16 rings (SSSR count). The maximum Gasteiger partial charge on any atom is 2.00 e. The topological polar surface area (TPSA) is 108 Å². The van der Waals surface area contributed by atoms with Crippen molar-refractivity contribution in [2.45, 2.75) is 162 Å². The molecule has 0 saturated carbocycles. The molecule has 24 heteroatoms. The Morgan fingerprint density at radius 1 is 0.315 bits per heavy atom. The Balaban J connectivity index is 0.00000626. The largest absolute Gasteiger partial charge is 2.00 e. The molecule has 0 saturated heterocycles. The summed E-state index contributed by atoms with van der Waals surface area (Å²) in [6, 6.07) is 33.3. The van der Waals surface area contributed by atoms with Crippen molar-refractivity contribution >= 4 is 128 Å². The van der Waals surface area contributed by atoms with Crippen LogP contribution in [0.15, 0.2) is 140 Å². The summed E-state index contributed by atoms with van der Waals surface area (Å²) < 4.78 is 191. The number of rotatable bonds is 7. The van der Waals surface area contributed by atoms with Gasteiger partial charge < -0.3 is 19.9 Å². The zero-order valence-electron chi connectivity index (χ0n) is 71.6. The average molecular weight is 2010 g/mol. The van der Waals surface area contributed by atoms with Crippen molar-refractivity contribution in [3.63, 3.8) is 0 Å². The summed E-state index contributed by atoms with van der Waals surface area (Å²) >= 11 is 4.25. The molecule has 0 unspecified atom stereocenters. The maximum absolute atomic E-state index is 15.9. The molecular formula is C100H80F12I2N8Zn2. The number of halogens is 14. The Morgan fingerprint density at radius 2 is 0.565 bits per heavy atom. The van der Waals surface area contributed by atoms with Crippen molar-refractivity contribution in [2.75, 3.05) is 0 Å². The second-order valence-corrected chi connectivity index (χ2v) is 34.8. The van der Waals surface area contributed by atoms with Crippen LogP contribution in [0.5, 0.6) is 0 Å². The molecule has 9 heterocycles. The van der Waals surface area contributed by atoms with Gasteiger partial charge in [-0.2, -0.15) is 52.7 Å². The van der Waals surface area contributed by atoms with Crippen molar-refractivity contribution in [2.24, 2.45) is 0 Å². The van der Waals surface area contributed by atoms with Crippen molar-refractivity contribution < 1.29 is 91.6 Å². The zero-order valence-corrected chi connectivity index (χ0v) is 81.8. The molecule has 12 aromatic rings. The number of benzene rings is 6. The van der Waals surface area contributed by atoms with Gasteiger partial charge in [0.05, 0.1) is 67.8 Å². The zero-order chi connectivity index (χ0) is 88.0. The van der Waals surface area contributed by atoms with Gasteiger partial charge >= 0.3 is 63.7 Å². The van der Waals surface area contributed by atoms with Gasteiger partial charge in [0.2, 0.25) is 0 Å². The van der Waals surface area contributed by atoms with Crippen molar-refractivity contribution in [3.8, 4) is 77.9 Å². The summed E-state index contributed by atoms with van der Waals surface area (Å²) in [5, 5.41) is 0. The van der Waals surface area contributed by atoms with Crippen molar-refractivity contribution in [1.82, 2.24) is 39.9 Å². The molecule has 0 N–H and O–H groups in total. The molecule has 622 valence electrons. The van der Waals surface area contributed by atoms with Crippen LogP contribution in [0.3, 0.4) is 0 Å². The molecule has 0 fully saturated rings. The molecular weight excluding hydrogens is 1930 g/mol. The van der Waals surface area contributed by atoms with Crippen LogP contribution in [0.1, 0.15) is 193 Å². The molecule has 6 aromatic heterocycles. The van der Waals surface area contributed by atoms with Crippen LogP contribution in [-0.2, 0) is 69.1 Å². The van der Waals surface area contributed by atoms with Gasteiger partial charge in [-0.3, -0.25) is 4.98 Å². The molecule has 0 atom stereocenters. The predicted molar refractivity (Wildman–Crippen MR) is 484 cm³/mol. The monoisotopic (exact) mass is 2000 g/mol. The first kappa shape index (κ1) is 90.6. The number of allylic oxidation sites excluding steroid dienone is 8. The van der Waals surface area contributed by atoms with Gasteiger partial charge in [-0.25, -0.2) is 15.0 Å². The molecule has 0 spiro atoms. The minimum Gasteiger partial charge on any atom is -0.656 e. The van der Waals surface area contributed by atoms with Gasteiger partial charge in [-0.05, 0) is 327 Å². The van der Waals surface area contributed by atoms with Gasteiger partial charge in [0.25, 0.3) is 0 Å². The summed E-state index contributed by atoms with van der Waals surface area (Å²) in [5.41, 5.74) is 13.2. The first-order valence-electron chi connectivity index (χ1n) is 39.6. The standard InChI is InChI=1S/C100H80F12I2N8.2Zn/c1-20-43(2)81-75(63-29-21-25-33-67(63)97(101,102)103)86-48(7)44(3)82(116-86)73(83-45(4)49(8)87(117-83)76(64-30-22-26-34-68(64)98(104,105)106)90-52(11)55(14)93(120-90)79(113)58(17)115-81)59-37-39-61-62-40-38-60(42-72(62)96(18,19)71(61)41-59)74-84-46(5)50(9)88(118-84)77(65-31-23-27-35-69(65)99(107,108)109)91-53(12)56(15)94(121-91)80(114)95-57(16)54(13)92(122-95)78(89-51(10)47(6)85(74)119-89)66-32-24-28-36-70(66)100(110,111)112;;/h20-42H,1-19H3;;/q-4;2*+2/b43-20+,79-58?,81-75?,82-73?,83-73?,84-74?,85-74?,86-75?,87-76?,88-77?,89-78?,90-76?,91-77?,92-78?,93-79?,94-80?,95-80?,115-58?,115-81?;;. The Labute approximate surface area is 763 Å². The Bertz CT molecular complexity index is 7090. The first-order valence-corrected chi connectivity index (χ1v) is 41.8. The van der Waals surface area contributed by atoms with Crippen LogP contribution >= 0.6 is 45.2 Å². The molecule has 3 aliphatic heterocycles. The predicted octanol–water partition coefficient (Wildman–Crippen LogP) is 29.8. The Morgan fingerprint density at radius 3 is 0.879 bits per heavy atom. The van der Waals surface area contributed by atoms with E-state index in [-0.39, 0.29) is 128 Å². The molecule has 6 aromatic carbocycles. The van der Waals surface area contributed by atoms with E-state index in [0.29, 0.717) is 158 Å². The summed E-state index contributed by atoms with van der Waals surface area (Å²) in [6.07, 6.45) is -17.7. The van der Waals surface area contributed by atoms with Gasteiger partial charge in [0.15, 0.2) is 0 Å². The fourth-order valence-corrected chi connectivity index (χ4v) is 19.5. The molecule has 8 nitrogen and oxygen atoms in total. The van der Waals surface area contributed by atoms with E-state index in [1.54, 1.807) is 85.7 Å². The third kappa shape index (κ3) is 14.5.